The number of aromatic nitrogens is 1. The highest BCUT2D eigenvalue weighted by Gasteiger charge is 2.30. The van der Waals surface area contributed by atoms with Gasteiger partial charge in [0, 0.05) is 17.1 Å². The zero-order valence-electron chi connectivity index (χ0n) is 11.3. The van der Waals surface area contributed by atoms with Gasteiger partial charge in [-0.05, 0) is 25.1 Å². The van der Waals surface area contributed by atoms with Gasteiger partial charge in [-0.25, -0.2) is 0 Å². The van der Waals surface area contributed by atoms with Crippen LogP contribution in [0.2, 0.25) is 0 Å². The third-order valence-electron chi connectivity index (χ3n) is 3.16. The smallest absolute Gasteiger partial charge is 0.416 e. The molecule has 0 aliphatic carbocycles. The summed E-state index contributed by atoms with van der Waals surface area (Å²) in [6.45, 7) is 1.42. The zero-order valence-corrected chi connectivity index (χ0v) is 11.3. The van der Waals surface area contributed by atoms with Crippen molar-refractivity contribution in [3.8, 4) is 0 Å². The molecule has 4 nitrogen and oxygen atoms in total. The van der Waals surface area contributed by atoms with Gasteiger partial charge in [-0.15, -0.1) is 0 Å². The molecule has 1 aromatic carbocycles. The molecule has 21 heavy (non-hydrogen) atoms. The third-order valence-corrected chi connectivity index (χ3v) is 3.16. The predicted octanol–water partition coefficient (Wildman–Crippen LogP) is 2.50. The van der Waals surface area contributed by atoms with E-state index in [2.05, 4.69) is 4.74 Å². The maximum atomic E-state index is 12.7. The van der Waals surface area contributed by atoms with Crippen molar-refractivity contribution in [2.75, 3.05) is 7.11 Å². The van der Waals surface area contributed by atoms with Crippen molar-refractivity contribution in [1.29, 1.82) is 0 Å². The molecule has 0 aliphatic heterocycles. The molecule has 0 saturated heterocycles. The van der Waals surface area contributed by atoms with Gasteiger partial charge in [0.1, 0.15) is 6.54 Å². The number of hydrogen-bond acceptors (Lipinski definition) is 3. The van der Waals surface area contributed by atoms with E-state index in [1.165, 1.54) is 23.8 Å². The molecule has 0 amide bonds. The summed E-state index contributed by atoms with van der Waals surface area (Å²) in [6.07, 6.45) is -4.53. The van der Waals surface area contributed by atoms with Crippen LogP contribution in [0.4, 0.5) is 13.2 Å². The van der Waals surface area contributed by atoms with E-state index in [9.17, 15) is 22.8 Å². The van der Waals surface area contributed by atoms with Gasteiger partial charge in [0.25, 0.3) is 0 Å². The number of fused-ring (bicyclic) bond motifs is 1. The lowest BCUT2D eigenvalue weighted by atomic mass is 10.1. The number of pyridine rings is 1. The molecule has 2 aromatic rings. The summed E-state index contributed by atoms with van der Waals surface area (Å²) in [4.78, 5) is 23.3. The molecule has 1 heterocycles. The van der Waals surface area contributed by atoms with Crippen LogP contribution in [0.15, 0.2) is 29.1 Å². The molecule has 0 radical (unpaired) electrons. The van der Waals surface area contributed by atoms with E-state index < -0.39 is 23.1 Å². The Balaban J connectivity index is 2.71. The van der Waals surface area contributed by atoms with Crippen molar-refractivity contribution in [2.24, 2.45) is 0 Å². The average Bonchev–Trinajstić information content (AvgIpc) is 2.41. The second kappa shape index (κ2) is 5.23. The average molecular weight is 299 g/mol. The molecule has 112 valence electrons. The normalized spacial score (nSPS) is 11.7. The summed E-state index contributed by atoms with van der Waals surface area (Å²) in [6, 6.07) is 4.07. The van der Waals surface area contributed by atoms with Crippen molar-refractivity contribution in [3.63, 3.8) is 0 Å². The summed E-state index contributed by atoms with van der Waals surface area (Å²) in [5, 5.41) is -0.0840. The number of esters is 1. The number of carbonyl (C=O) groups excluding carboxylic acids is 1. The summed E-state index contributed by atoms with van der Waals surface area (Å²) >= 11 is 0. The maximum absolute atomic E-state index is 12.7. The number of halogens is 3. The van der Waals surface area contributed by atoms with Gasteiger partial charge in [0.2, 0.25) is 0 Å². The van der Waals surface area contributed by atoms with Gasteiger partial charge < -0.3 is 9.30 Å². The highest BCUT2D eigenvalue weighted by atomic mass is 19.4. The molecular weight excluding hydrogens is 287 g/mol. The lowest BCUT2D eigenvalue weighted by molar-refractivity contribution is -0.141. The number of rotatable bonds is 2. The van der Waals surface area contributed by atoms with Crippen LogP contribution < -0.4 is 5.43 Å². The fraction of sp³-hybridized carbons (Fsp3) is 0.286. The minimum atomic E-state index is -4.53. The minimum Gasteiger partial charge on any atom is -0.468 e. The van der Waals surface area contributed by atoms with E-state index in [1.807, 2.05) is 0 Å². The molecule has 0 unspecified atom stereocenters. The van der Waals surface area contributed by atoms with Gasteiger partial charge in [0.05, 0.1) is 18.2 Å². The standard InChI is InChI=1S/C14H12F3NO3/c1-8-5-12(19)10-6-9(14(15,16)17)3-4-11(10)18(8)7-13(20)21-2/h3-6H,7H2,1-2H3. The predicted molar refractivity (Wildman–Crippen MR) is 70.0 cm³/mol. The van der Waals surface area contributed by atoms with Crippen LogP contribution in [-0.4, -0.2) is 17.6 Å². The fourth-order valence-electron chi connectivity index (χ4n) is 2.08. The third kappa shape index (κ3) is 2.91. The number of carbonyl (C=O) groups is 1. The van der Waals surface area contributed by atoms with E-state index in [0.29, 0.717) is 5.69 Å². The molecular formula is C14H12F3NO3. The molecule has 0 N–H and O–H groups in total. The zero-order chi connectivity index (χ0) is 15.8. The molecule has 0 spiro atoms. The van der Waals surface area contributed by atoms with Crippen molar-refractivity contribution >= 4 is 16.9 Å². The van der Waals surface area contributed by atoms with Gasteiger partial charge in [-0.3, -0.25) is 9.59 Å². The first-order chi connectivity index (χ1) is 9.74. The van der Waals surface area contributed by atoms with Crippen LogP contribution in [0.3, 0.4) is 0 Å². The van der Waals surface area contributed by atoms with Crippen LogP contribution in [0.1, 0.15) is 11.3 Å². The molecule has 0 bridgehead atoms. The van der Waals surface area contributed by atoms with Gasteiger partial charge in [-0.2, -0.15) is 13.2 Å². The van der Waals surface area contributed by atoms with Crippen molar-refractivity contribution in [1.82, 2.24) is 4.57 Å². The Kier molecular flexibility index (Phi) is 3.76. The Morgan fingerprint density at radius 2 is 1.95 bits per heavy atom. The fourth-order valence-corrected chi connectivity index (χ4v) is 2.08. The Bertz CT molecular complexity index is 762. The molecule has 1 aromatic heterocycles. The molecule has 0 saturated carbocycles. The largest absolute Gasteiger partial charge is 0.468 e. The number of benzene rings is 1. The lowest BCUT2D eigenvalue weighted by Gasteiger charge is -2.14. The first-order valence-electron chi connectivity index (χ1n) is 6.02. The quantitative estimate of drug-likeness (QED) is 0.801. The van der Waals surface area contributed by atoms with Crippen LogP contribution in [0.25, 0.3) is 10.9 Å². The van der Waals surface area contributed by atoms with Crippen LogP contribution >= 0.6 is 0 Å². The van der Waals surface area contributed by atoms with Crippen LogP contribution in [-0.2, 0) is 22.3 Å². The first kappa shape index (κ1) is 15.1. The van der Waals surface area contributed by atoms with E-state index in [4.69, 9.17) is 0 Å². The Morgan fingerprint density at radius 3 is 2.52 bits per heavy atom. The van der Waals surface area contributed by atoms with Gasteiger partial charge in [0.15, 0.2) is 5.43 Å². The Labute approximate surface area is 117 Å². The first-order valence-corrected chi connectivity index (χ1v) is 6.02. The van der Waals surface area contributed by atoms with Crippen molar-refractivity contribution in [3.05, 3.63) is 45.7 Å². The van der Waals surface area contributed by atoms with Gasteiger partial charge >= 0.3 is 12.1 Å². The Morgan fingerprint density at radius 1 is 1.29 bits per heavy atom. The second-order valence-corrected chi connectivity index (χ2v) is 4.54. The van der Waals surface area contributed by atoms with Crippen molar-refractivity contribution in [2.45, 2.75) is 19.6 Å². The summed E-state index contributed by atoms with van der Waals surface area (Å²) in [5.41, 5.74) is -0.689. The molecule has 0 aliphatic rings. The highest BCUT2D eigenvalue weighted by molar-refractivity contribution is 5.82. The topological polar surface area (TPSA) is 48.3 Å². The van der Waals surface area contributed by atoms with E-state index in [-0.39, 0.29) is 17.4 Å². The summed E-state index contributed by atoms with van der Waals surface area (Å²) in [7, 11) is 1.21. The number of methoxy groups -OCH3 is 1. The molecule has 0 fully saturated rings. The molecule has 7 heteroatoms. The van der Waals surface area contributed by atoms with E-state index in [0.717, 1.165) is 12.1 Å². The number of hydrogen-bond donors (Lipinski definition) is 0. The number of nitrogens with zero attached hydrogens (tertiary/aromatic N) is 1. The van der Waals surface area contributed by atoms with E-state index in [1.54, 1.807) is 6.92 Å². The minimum absolute atomic E-state index is 0.0840. The summed E-state index contributed by atoms with van der Waals surface area (Å²) in [5.74, 6) is -0.553. The van der Waals surface area contributed by atoms with Crippen LogP contribution in [0.5, 0.6) is 0 Å². The Hall–Kier alpha value is -2.31. The van der Waals surface area contributed by atoms with Gasteiger partial charge in [-0.1, -0.05) is 0 Å². The number of aryl methyl sites for hydroxylation is 1. The van der Waals surface area contributed by atoms with E-state index >= 15 is 0 Å². The second-order valence-electron chi connectivity index (χ2n) is 4.54. The molecule has 0 atom stereocenters. The number of ether oxygens (including phenoxy) is 1. The maximum Gasteiger partial charge on any atom is 0.416 e. The summed E-state index contributed by atoms with van der Waals surface area (Å²) < 4.78 is 44.1. The monoisotopic (exact) mass is 299 g/mol. The molecule has 2 rings (SSSR count). The van der Waals surface area contributed by atoms with Crippen LogP contribution in [0, 0.1) is 6.92 Å². The SMILES string of the molecule is COC(=O)Cn1c(C)cc(=O)c2cc(C(F)(F)F)ccc21. The number of alkyl halides is 3. The highest BCUT2D eigenvalue weighted by Crippen LogP contribution is 2.30. The van der Waals surface area contributed by atoms with Crippen molar-refractivity contribution < 1.29 is 22.7 Å². The lowest BCUT2D eigenvalue weighted by Crippen LogP contribution is -2.18.